The van der Waals surface area contributed by atoms with Gasteiger partial charge in [0.2, 0.25) is 5.91 Å². The van der Waals surface area contributed by atoms with Gasteiger partial charge < -0.3 is 15.0 Å². The van der Waals surface area contributed by atoms with E-state index in [1.54, 1.807) is 25.3 Å². The predicted molar refractivity (Wildman–Crippen MR) is 121 cm³/mol. The Balaban J connectivity index is 1.31. The number of carbonyl (C=O) groups excluding carboxylic acids is 1. The van der Waals surface area contributed by atoms with Crippen LogP contribution in [-0.4, -0.2) is 35.5 Å². The fraction of sp³-hybridized carbons (Fsp3) is 0.227. The molecule has 0 bridgehead atoms. The number of fused-ring (bicyclic) bond motifs is 1. The lowest BCUT2D eigenvalue weighted by molar-refractivity contribution is -0.113. The first-order valence-electron chi connectivity index (χ1n) is 9.54. The number of nitrogens with one attached hydrogen (secondary N) is 1. The van der Waals surface area contributed by atoms with Crippen molar-refractivity contribution in [2.75, 3.05) is 29.6 Å². The highest BCUT2D eigenvalue weighted by atomic mass is 35.5. The van der Waals surface area contributed by atoms with Gasteiger partial charge in [-0.1, -0.05) is 47.6 Å². The standard InChI is InChI=1S/C22H21ClN4O2S/c1-29-19-7-6-17(12-18(19)23)24-21(28)14-30-22-9-8-20(25-26-22)27-11-10-15-4-2-3-5-16(15)13-27/h2-9,12H,10-11,13-14H2,1H3,(H,24,28). The number of hydrogen-bond donors (Lipinski definition) is 1. The molecule has 1 aliphatic rings. The van der Waals surface area contributed by atoms with E-state index in [4.69, 9.17) is 16.3 Å². The van der Waals surface area contributed by atoms with Crippen LogP contribution in [0.1, 0.15) is 11.1 Å². The minimum atomic E-state index is -0.139. The first kappa shape index (κ1) is 20.5. The average molecular weight is 441 g/mol. The molecule has 0 spiro atoms. The van der Waals surface area contributed by atoms with Crippen LogP contribution in [-0.2, 0) is 17.8 Å². The molecule has 0 unspecified atom stereocenters. The van der Waals surface area contributed by atoms with Gasteiger partial charge >= 0.3 is 0 Å². The third kappa shape index (κ3) is 4.86. The summed E-state index contributed by atoms with van der Waals surface area (Å²) in [7, 11) is 1.55. The zero-order valence-corrected chi connectivity index (χ0v) is 18.0. The van der Waals surface area contributed by atoms with Gasteiger partial charge in [-0.15, -0.1) is 10.2 Å². The van der Waals surface area contributed by atoms with E-state index in [0.29, 0.717) is 21.5 Å². The highest BCUT2D eigenvalue weighted by molar-refractivity contribution is 7.99. The summed E-state index contributed by atoms with van der Waals surface area (Å²) in [5.41, 5.74) is 3.36. The maximum absolute atomic E-state index is 12.2. The number of nitrogens with zero attached hydrogens (tertiary/aromatic N) is 3. The van der Waals surface area contributed by atoms with Crippen molar-refractivity contribution in [1.82, 2.24) is 10.2 Å². The Kier molecular flexibility index (Phi) is 6.40. The predicted octanol–water partition coefficient (Wildman–Crippen LogP) is 4.43. The van der Waals surface area contributed by atoms with E-state index in [1.807, 2.05) is 12.1 Å². The van der Waals surface area contributed by atoms with Gasteiger partial charge in [-0.05, 0) is 47.9 Å². The Bertz CT molecular complexity index is 1050. The topological polar surface area (TPSA) is 67.3 Å². The average Bonchev–Trinajstić information content (AvgIpc) is 2.78. The summed E-state index contributed by atoms with van der Waals surface area (Å²) >= 11 is 7.43. The van der Waals surface area contributed by atoms with Gasteiger partial charge in [-0.3, -0.25) is 4.79 Å². The molecule has 0 saturated carbocycles. The zero-order valence-electron chi connectivity index (χ0n) is 16.5. The van der Waals surface area contributed by atoms with Gasteiger partial charge in [0.05, 0.1) is 17.9 Å². The fourth-order valence-corrected chi connectivity index (χ4v) is 4.20. The first-order chi connectivity index (χ1) is 14.6. The van der Waals surface area contributed by atoms with Crippen molar-refractivity contribution < 1.29 is 9.53 Å². The zero-order chi connectivity index (χ0) is 20.9. The van der Waals surface area contributed by atoms with Crippen LogP contribution in [0.2, 0.25) is 5.02 Å². The van der Waals surface area contributed by atoms with Crippen LogP contribution in [0.15, 0.2) is 59.6 Å². The molecule has 30 heavy (non-hydrogen) atoms. The van der Waals surface area contributed by atoms with Crippen LogP contribution < -0.4 is 15.0 Å². The van der Waals surface area contributed by atoms with E-state index in [1.165, 1.54) is 22.9 Å². The number of amides is 1. The summed E-state index contributed by atoms with van der Waals surface area (Å²) in [6.45, 7) is 1.76. The lowest BCUT2D eigenvalue weighted by Gasteiger charge is -2.29. The molecule has 4 rings (SSSR count). The number of hydrogen-bond acceptors (Lipinski definition) is 6. The van der Waals surface area contributed by atoms with Gasteiger partial charge in [0.1, 0.15) is 10.8 Å². The van der Waals surface area contributed by atoms with Crippen LogP contribution in [0.5, 0.6) is 5.75 Å². The third-order valence-electron chi connectivity index (χ3n) is 4.87. The van der Waals surface area contributed by atoms with E-state index >= 15 is 0 Å². The van der Waals surface area contributed by atoms with E-state index in [9.17, 15) is 4.79 Å². The molecular weight excluding hydrogens is 420 g/mol. The highest BCUT2D eigenvalue weighted by Crippen LogP contribution is 2.28. The van der Waals surface area contributed by atoms with Crippen molar-refractivity contribution in [2.45, 2.75) is 18.0 Å². The molecule has 0 saturated heterocycles. The normalized spacial score (nSPS) is 12.9. The summed E-state index contributed by atoms with van der Waals surface area (Å²) in [5, 5.41) is 12.6. The number of carbonyl (C=O) groups is 1. The Hall–Kier alpha value is -2.77. The molecule has 2 heterocycles. The van der Waals surface area contributed by atoms with E-state index in [2.05, 4.69) is 44.7 Å². The van der Waals surface area contributed by atoms with Gasteiger partial charge in [0, 0.05) is 18.8 Å². The Morgan fingerprint density at radius 1 is 1.17 bits per heavy atom. The van der Waals surface area contributed by atoms with Crippen LogP contribution in [0.25, 0.3) is 0 Å². The highest BCUT2D eigenvalue weighted by Gasteiger charge is 2.17. The van der Waals surface area contributed by atoms with Crippen LogP contribution >= 0.6 is 23.4 Å². The molecule has 1 amide bonds. The van der Waals surface area contributed by atoms with Crippen LogP contribution in [0, 0.1) is 0 Å². The maximum atomic E-state index is 12.2. The smallest absolute Gasteiger partial charge is 0.234 e. The van der Waals surface area contributed by atoms with Crippen molar-refractivity contribution in [3.05, 3.63) is 70.7 Å². The number of rotatable bonds is 6. The number of methoxy groups -OCH3 is 1. The molecule has 0 radical (unpaired) electrons. The van der Waals surface area contributed by atoms with Gasteiger partial charge in [0.25, 0.3) is 0 Å². The fourth-order valence-electron chi connectivity index (χ4n) is 3.33. The van der Waals surface area contributed by atoms with Crippen molar-refractivity contribution >= 4 is 40.8 Å². The number of thioether (sulfide) groups is 1. The van der Waals surface area contributed by atoms with Crippen LogP contribution in [0.4, 0.5) is 11.5 Å². The summed E-state index contributed by atoms with van der Waals surface area (Å²) in [6, 6.07) is 17.5. The molecule has 154 valence electrons. The minimum Gasteiger partial charge on any atom is -0.495 e. The lowest BCUT2D eigenvalue weighted by atomic mass is 10.00. The molecule has 0 aliphatic carbocycles. The Morgan fingerprint density at radius 3 is 2.73 bits per heavy atom. The molecule has 0 atom stereocenters. The van der Waals surface area contributed by atoms with Crippen molar-refractivity contribution in [1.29, 1.82) is 0 Å². The first-order valence-corrected chi connectivity index (χ1v) is 10.9. The molecule has 0 fully saturated rings. The van der Waals surface area contributed by atoms with Crippen LogP contribution in [0.3, 0.4) is 0 Å². The second kappa shape index (κ2) is 9.36. The molecule has 3 aromatic rings. The van der Waals surface area contributed by atoms with Crippen molar-refractivity contribution in [3.63, 3.8) is 0 Å². The van der Waals surface area contributed by atoms with Gasteiger partial charge in [-0.2, -0.15) is 0 Å². The SMILES string of the molecule is COc1ccc(NC(=O)CSc2ccc(N3CCc4ccccc4C3)nn2)cc1Cl. The summed E-state index contributed by atoms with van der Waals surface area (Å²) < 4.78 is 5.11. The number of benzene rings is 2. The second-order valence-electron chi connectivity index (χ2n) is 6.86. The molecule has 1 N–H and O–H groups in total. The molecule has 1 aliphatic heterocycles. The Morgan fingerprint density at radius 2 is 2.00 bits per heavy atom. The monoisotopic (exact) mass is 440 g/mol. The molecule has 1 aromatic heterocycles. The third-order valence-corrected chi connectivity index (χ3v) is 6.08. The summed E-state index contributed by atoms with van der Waals surface area (Å²) in [4.78, 5) is 14.4. The van der Waals surface area contributed by atoms with E-state index < -0.39 is 0 Å². The van der Waals surface area contributed by atoms with Gasteiger partial charge in [-0.25, -0.2) is 0 Å². The Labute approximate surface area is 184 Å². The number of aromatic nitrogens is 2. The lowest BCUT2D eigenvalue weighted by Crippen LogP contribution is -2.31. The van der Waals surface area contributed by atoms with E-state index in [0.717, 1.165) is 25.3 Å². The maximum Gasteiger partial charge on any atom is 0.234 e. The molecule has 6 nitrogen and oxygen atoms in total. The van der Waals surface area contributed by atoms with E-state index in [-0.39, 0.29) is 11.7 Å². The van der Waals surface area contributed by atoms with Gasteiger partial charge in [0.15, 0.2) is 5.82 Å². The second-order valence-corrected chi connectivity index (χ2v) is 8.26. The van der Waals surface area contributed by atoms with Crippen molar-refractivity contribution in [2.24, 2.45) is 0 Å². The number of ether oxygens (including phenoxy) is 1. The summed E-state index contributed by atoms with van der Waals surface area (Å²) in [5.74, 6) is 1.51. The summed E-state index contributed by atoms with van der Waals surface area (Å²) in [6.07, 6.45) is 1.00. The number of anilines is 2. The molecular formula is C22H21ClN4O2S. The minimum absolute atomic E-state index is 0.139. The quantitative estimate of drug-likeness (QED) is 0.572. The van der Waals surface area contributed by atoms with Crippen molar-refractivity contribution in [3.8, 4) is 5.75 Å². The molecule has 8 heteroatoms. The number of halogens is 1. The largest absolute Gasteiger partial charge is 0.495 e. The molecule has 2 aromatic carbocycles.